The Balaban J connectivity index is 2.46. The van der Waals surface area contributed by atoms with Crippen molar-refractivity contribution >= 4 is 23.4 Å². The Morgan fingerprint density at radius 1 is 1.23 bits per heavy atom. The molecule has 1 aromatic rings. The van der Waals surface area contributed by atoms with Crippen molar-refractivity contribution in [2.75, 3.05) is 18.0 Å². The molecule has 0 fully saturated rings. The zero-order chi connectivity index (χ0) is 9.26. The summed E-state index contributed by atoms with van der Waals surface area (Å²) < 4.78 is 0. The fourth-order valence-corrected chi connectivity index (χ4v) is 1.27. The van der Waals surface area contributed by atoms with E-state index in [-0.39, 0.29) is 0 Å². The summed E-state index contributed by atoms with van der Waals surface area (Å²) in [6.07, 6.45) is 3.80. The molecule has 0 bridgehead atoms. The number of hydrogen-bond donors (Lipinski definition) is 2. The number of pyridine rings is 1. The summed E-state index contributed by atoms with van der Waals surface area (Å²) in [5, 5.41) is 0. The largest absolute Gasteiger partial charge is 0.384 e. The average molecular weight is 174 g/mol. The number of anilines is 2. The Labute approximate surface area is 76.0 Å². The second-order valence-corrected chi connectivity index (χ2v) is 2.82. The molecule has 0 unspecified atom stereocenters. The lowest BCUT2D eigenvalue weighted by atomic mass is 10.1. The lowest BCUT2D eigenvalue weighted by Crippen LogP contribution is -2.00. The maximum Gasteiger partial charge on any atom is 0.133 e. The first-order valence-electron chi connectivity index (χ1n) is 4.00. The van der Waals surface area contributed by atoms with Crippen molar-refractivity contribution in [3.8, 4) is 0 Å². The Morgan fingerprint density at radius 2 is 2.08 bits per heavy atom. The molecule has 4 heteroatoms. The minimum atomic E-state index is 0.441. The molecule has 4 nitrogen and oxygen atoms in total. The van der Waals surface area contributed by atoms with Crippen molar-refractivity contribution in [3.05, 3.63) is 23.8 Å². The van der Waals surface area contributed by atoms with Gasteiger partial charge in [-0.2, -0.15) is 0 Å². The van der Waals surface area contributed by atoms with Gasteiger partial charge in [0.15, 0.2) is 0 Å². The highest BCUT2D eigenvalue weighted by Gasteiger charge is 2.07. The van der Waals surface area contributed by atoms with Crippen LogP contribution in [-0.2, 0) is 0 Å². The molecule has 66 valence electrons. The quantitative estimate of drug-likeness (QED) is 0.658. The van der Waals surface area contributed by atoms with Crippen LogP contribution in [0.25, 0.3) is 5.57 Å². The van der Waals surface area contributed by atoms with E-state index in [1.54, 1.807) is 12.3 Å². The molecule has 0 amide bonds. The van der Waals surface area contributed by atoms with Gasteiger partial charge in [-0.3, -0.25) is 4.99 Å². The summed E-state index contributed by atoms with van der Waals surface area (Å²) in [5.41, 5.74) is 13.1. The highest BCUT2D eigenvalue weighted by atomic mass is 14.9. The SMILES string of the molecule is Nc1ccc(C2=CCN=C2)c(N)n1. The average Bonchev–Trinajstić information content (AvgIpc) is 2.56. The maximum atomic E-state index is 5.71. The van der Waals surface area contributed by atoms with E-state index in [1.807, 2.05) is 12.1 Å². The van der Waals surface area contributed by atoms with Crippen LogP contribution in [0.2, 0.25) is 0 Å². The standard InChI is InChI=1S/C9H10N4/c10-8-2-1-7(9(11)13-8)6-3-4-12-5-6/h1-3,5H,4H2,(H4,10,11,13). The lowest BCUT2D eigenvalue weighted by Gasteiger charge is -2.03. The fourth-order valence-electron chi connectivity index (χ4n) is 1.27. The summed E-state index contributed by atoms with van der Waals surface area (Å²) in [4.78, 5) is 8.04. The van der Waals surface area contributed by atoms with Gasteiger partial charge in [-0.1, -0.05) is 6.08 Å². The first-order chi connectivity index (χ1) is 6.27. The van der Waals surface area contributed by atoms with Crippen LogP contribution in [0.1, 0.15) is 5.56 Å². The second-order valence-electron chi connectivity index (χ2n) is 2.82. The molecule has 13 heavy (non-hydrogen) atoms. The highest BCUT2D eigenvalue weighted by Crippen LogP contribution is 2.21. The Bertz CT molecular complexity index is 393. The van der Waals surface area contributed by atoms with Gasteiger partial charge >= 0.3 is 0 Å². The molecule has 0 saturated carbocycles. The van der Waals surface area contributed by atoms with E-state index in [0.717, 1.165) is 17.7 Å². The van der Waals surface area contributed by atoms with Crippen LogP contribution in [0.4, 0.5) is 11.6 Å². The zero-order valence-electron chi connectivity index (χ0n) is 7.07. The van der Waals surface area contributed by atoms with Gasteiger partial charge in [-0.05, 0) is 12.1 Å². The summed E-state index contributed by atoms with van der Waals surface area (Å²) in [6.45, 7) is 0.721. The predicted octanol–water partition coefficient (Wildman–Crippen LogP) is 0.714. The van der Waals surface area contributed by atoms with Crippen molar-refractivity contribution in [2.24, 2.45) is 4.99 Å². The first kappa shape index (κ1) is 7.79. The van der Waals surface area contributed by atoms with Crippen LogP contribution in [0.15, 0.2) is 23.2 Å². The van der Waals surface area contributed by atoms with E-state index in [0.29, 0.717) is 11.6 Å². The summed E-state index contributed by atoms with van der Waals surface area (Å²) in [6, 6.07) is 3.60. The lowest BCUT2D eigenvalue weighted by molar-refractivity contribution is 1.29. The number of hydrogen-bond acceptors (Lipinski definition) is 4. The van der Waals surface area contributed by atoms with E-state index < -0.39 is 0 Å². The van der Waals surface area contributed by atoms with Crippen LogP contribution in [0.5, 0.6) is 0 Å². The molecule has 0 aliphatic carbocycles. The van der Waals surface area contributed by atoms with E-state index in [1.165, 1.54) is 0 Å². The molecule has 4 N–H and O–H groups in total. The molecule has 0 spiro atoms. The van der Waals surface area contributed by atoms with Crippen molar-refractivity contribution in [1.29, 1.82) is 0 Å². The molecular formula is C9H10N4. The molecular weight excluding hydrogens is 164 g/mol. The minimum absolute atomic E-state index is 0.441. The van der Waals surface area contributed by atoms with Gasteiger partial charge in [0.1, 0.15) is 11.6 Å². The van der Waals surface area contributed by atoms with Crippen molar-refractivity contribution < 1.29 is 0 Å². The molecule has 0 saturated heterocycles. The van der Waals surface area contributed by atoms with Gasteiger partial charge in [0, 0.05) is 17.4 Å². The zero-order valence-corrected chi connectivity index (χ0v) is 7.07. The third-order valence-corrected chi connectivity index (χ3v) is 1.90. The normalized spacial score (nSPS) is 14.6. The summed E-state index contributed by atoms with van der Waals surface area (Å²) in [5.74, 6) is 0.899. The van der Waals surface area contributed by atoms with E-state index in [2.05, 4.69) is 9.98 Å². The fraction of sp³-hybridized carbons (Fsp3) is 0.111. The monoisotopic (exact) mass is 174 g/mol. The van der Waals surface area contributed by atoms with Crippen molar-refractivity contribution in [3.63, 3.8) is 0 Å². The number of nitrogens with two attached hydrogens (primary N) is 2. The smallest absolute Gasteiger partial charge is 0.133 e. The highest BCUT2D eigenvalue weighted by molar-refractivity contribution is 6.13. The first-order valence-corrected chi connectivity index (χ1v) is 4.00. The molecule has 1 aliphatic heterocycles. The molecule has 1 aliphatic rings. The van der Waals surface area contributed by atoms with Gasteiger partial charge in [-0.15, -0.1) is 0 Å². The Morgan fingerprint density at radius 3 is 2.69 bits per heavy atom. The van der Waals surface area contributed by atoms with Crippen LogP contribution in [0.3, 0.4) is 0 Å². The number of nitrogens with zero attached hydrogens (tertiary/aromatic N) is 2. The number of rotatable bonds is 1. The predicted molar refractivity (Wildman–Crippen MR) is 54.4 cm³/mol. The molecule has 1 aromatic heterocycles. The summed E-state index contributed by atoms with van der Waals surface area (Å²) >= 11 is 0. The van der Waals surface area contributed by atoms with Gasteiger partial charge in [0.05, 0.1) is 6.54 Å². The van der Waals surface area contributed by atoms with Crippen LogP contribution in [-0.4, -0.2) is 17.7 Å². The van der Waals surface area contributed by atoms with E-state index in [9.17, 15) is 0 Å². The number of aliphatic imine (C=N–C) groups is 1. The van der Waals surface area contributed by atoms with Crippen molar-refractivity contribution in [2.45, 2.75) is 0 Å². The maximum absolute atomic E-state index is 5.71. The van der Waals surface area contributed by atoms with Gasteiger partial charge in [0.25, 0.3) is 0 Å². The van der Waals surface area contributed by atoms with Crippen molar-refractivity contribution in [1.82, 2.24) is 4.98 Å². The van der Waals surface area contributed by atoms with E-state index >= 15 is 0 Å². The number of nitrogen functional groups attached to an aromatic ring is 2. The molecule has 0 atom stereocenters. The summed E-state index contributed by atoms with van der Waals surface area (Å²) in [7, 11) is 0. The third-order valence-electron chi connectivity index (χ3n) is 1.90. The number of aromatic nitrogens is 1. The molecule has 0 radical (unpaired) electrons. The van der Waals surface area contributed by atoms with E-state index in [4.69, 9.17) is 11.5 Å². The van der Waals surface area contributed by atoms with Crippen LogP contribution in [0, 0.1) is 0 Å². The van der Waals surface area contributed by atoms with Gasteiger partial charge in [0.2, 0.25) is 0 Å². The van der Waals surface area contributed by atoms with Crippen LogP contribution >= 0.6 is 0 Å². The Hall–Kier alpha value is -1.84. The minimum Gasteiger partial charge on any atom is -0.384 e. The molecule has 0 aromatic carbocycles. The molecule has 2 rings (SSSR count). The topological polar surface area (TPSA) is 77.3 Å². The van der Waals surface area contributed by atoms with Gasteiger partial charge in [-0.25, -0.2) is 4.98 Å². The second kappa shape index (κ2) is 2.90. The third kappa shape index (κ3) is 1.38. The molecule has 2 heterocycles. The number of allylic oxidation sites excluding steroid dienone is 1. The Kier molecular flexibility index (Phi) is 1.73. The van der Waals surface area contributed by atoms with Crippen LogP contribution < -0.4 is 11.5 Å². The van der Waals surface area contributed by atoms with Gasteiger partial charge < -0.3 is 11.5 Å².